The molecule has 1 aliphatic carbocycles. The minimum Gasteiger partial charge on any atom is -0.481 e. The average Bonchev–Trinajstić information content (AvgIpc) is 2.70. The molecule has 4 unspecified atom stereocenters. The molecule has 1 aliphatic rings. The first-order valence-electron chi connectivity index (χ1n) is 10.0. The molecule has 0 bridgehead atoms. The highest BCUT2D eigenvalue weighted by molar-refractivity contribution is 5.93. The van der Waals surface area contributed by atoms with E-state index in [2.05, 4.69) is 0 Å². The number of carbonyl (C=O) groups excluding carboxylic acids is 2. The molecule has 4 atom stereocenters. The summed E-state index contributed by atoms with van der Waals surface area (Å²) in [7, 11) is 0. The van der Waals surface area contributed by atoms with Crippen LogP contribution in [0, 0.1) is 11.8 Å². The number of carboxylic acid groups (broad SMARTS) is 1. The van der Waals surface area contributed by atoms with Gasteiger partial charge in [-0.1, -0.05) is 62.9 Å². The highest BCUT2D eigenvalue weighted by Crippen LogP contribution is 2.34. The molecule has 28 heavy (non-hydrogen) atoms. The Morgan fingerprint density at radius 1 is 1.14 bits per heavy atom. The van der Waals surface area contributed by atoms with Crippen molar-refractivity contribution >= 4 is 17.7 Å². The predicted octanol–water partition coefficient (Wildman–Crippen LogP) is 3.67. The SMILES string of the molecule is CCCCC(C)(O)C(=O)C(OC(=O)C1CCCCC1C(=O)O)c1ccccc1. The molecule has 0 spiro atoms. The number of hydrogen-bond donors (Lipinski definition) is 2. The van der Waals surface area contributed by atoms with E-state index in [-0.39, 0.29) is 6.42 Å². The van der Waals surface area contributed by atoms with Crippen molar-refractivity contribution in [1.82, 2.24) is 0 Å². The van der Waals surface area contributed by atoms with E-state index in [1.807, 2.05) is 6.92 Å². The maximum absolute atomic E-state index is 13.1. The van der Waals surface area contributed by atoms with Crippen LogP contribution in [0.3, 0.4) is 0 Å². The Kier molecular flexibility index (Phi) is 7.75. The molecule has 0 amide bonds. The molecule has 2 N–H and O–H groups in total. The first-order valence-corrected chi connectivity index (χ1v) is 10.0. The van der Waals surface area contributed by atoms with Crippen LogP contribution in [-0.4, -0.2) is 33.5 Å². The van der Waals surface area contributed by atoms with Crippen molar-refractivity contribution in [3.8, 4) is 0 Å². The molecule has 1 saturated carbocycles. The maximum Gasteiger partial charge on any atom is 0.310 e. The Balaban J connectivity index is 2.26. The first-order chi connectivity index (χ1) is 13.3. The van der Waals surface area contributed by atoms with Gasteiger partial charge in [0.25, 0.3) is 0 Å². The summed E-state index contributed by atoms with van der Waals surface area (Å²) in [6.07, 6.45) is 2.86. The number of aliphatic hydroxyl groups is 1. The van der Waals surface area contributed by atoms with Crippen molar-refractivity contribution in [2.24, 2.45) is 11.8 Å². The van der Waals surface area contributed by atoms with Gasteiger partial charge >= 0.3 is 11.9 Å². The first kappa shape index (κ1) is 22.1. The lowest BCUT2D eigenvalue weighted by atomic mass is 9.79. The number of aliphatic carboxylic acids is 1. The van der Waals surface area contributed by atoms with Crippen molar-refractivity contribution in [2.75, 3.05) is 0 Å². The monoisotopic (exact) mass is 390 g/mol. The Labute approximate surface area is 165 Å². The minimum absolute atomic E-state index is 0.268. The summed E-state index contributed by atoms with van der Waals surface area (Å²) in [4.78, 5) is 37.4. The smallest absolute Gasteiger partial charge is 0.310 e. The maximum atomic E-state index is 13.1. The van der Waals surface area contributed by atoms with Crippen molar-refractivity contribution in [1.29, 1.82) is 0 Å². The molecule has 0 saturated heterocycles. The Bertz CT molecular complexity index is 682. The van der Waals surface area contributed by atoms with Crippen molar-refractivity contribution < 1.29 is 29.3 Å². The fraction of sp³-hybridized carbons (Fsp3) is 0.591. The second-order valence-electron chi connectivity index (χ2n) is 7.80. The van der Waals surface area contributed by atoms with Crippen LogP contribution in [0.5, 0.6) is 0 Å². The van der Waals surface area contributed by atoms with E-state index in [9.17, 15) is 24.6 Å². The molecule has 1 fully saturated rings. The summed E-state index contributed by atoms with van der Waals surface area (Å²) in [6.45, 7) is 3.40. The van der Waals surface area contributed by atoms with Gasteiger partial charge in [0.2, 0.25) is 5.78 Å². The van der Waals surface area contributed by atoms with Gasteiger partial charge in [-0.05, 0) is 26.2 Å². The van der Waals surface area contributed by atoms with Gasteiger partial charge in [0, 0.05) is 5.56 Å². The second kappa shape index (κ2) is 9.82. The fourth-order valence-electron chi connectivity index (χ4n) is 3.74. The van der Waals surface area contributed by atoms with Crippen LogP contribution in [0.4, 0.5) is 0 Å². The predicted molar refractivity (Wildman–Crippen MR) is 104 cm³/mol. The highest BCUT2D eigenvalue weighted by Gasteiger charge is 2.42. The number of carboxylic acids is 1. The van der Waals surface area contributed by atoms with Crippen LogP contribution < -0.4 is 0 Å². The molecular formula is C22H30O6. The quantitative estimate of drug-likeness (QED) is 0.624. The number of hydrogen-bond acceptors (Lipinski definition) is 5. The molecule has 0 aliphatic heterocycles. The Morgan fingerprint density at radius 2 is 1.75 bits per heavy atom. The lowest BCUT2D eigenvalue weighted by molar-refractivity contribution is -0.171. The van der Waals surface area contributed by atoms with Crippen molar-refractivity contribution in [2.45, 2.75) is 70.5 Å². The molecule has 154 valence electrons. The summed E-state index contributed by atoms with van der Waals surface area (Å²) < 4.78 is 5.57. The summed E-state index contributed by atoms with van der Waals surface area (Å²) in [5, 5.41) is 20.1. The molecule has 1 aromatic rings. The zero-order valence-electron chi connectivity index (χ0n) is 16.6. The molecule has 2 rings (SSSR count). The molecule has 0 aromatic heterocycles. The number of ketones is 1. The van der Waals surface area contributed by atoms with Crippen LogP contribution in [0.25, 0.3) is 0 Å². The number of carbonyl (C=O) groups is 3. The topological polar surface area (TPSA) is 101 Å². The van der Waals surface area contributed by atoms with Crippen molar-refractivity contribution in [3.05, 3.63) is 35.9 Å². The summed E-state index contributed by atoms with van der Waals surface area (Å²) in [5.41, 5.74) is -1.16. The number of benzene rings is 1. The van der Waals surface area contributed by atoms with Gasteiger partial charge in [-0.25, -0.2) is 0 Å². The van der Waals surface area contributed by atoms with Crippen LogP contribution in [0.1, 0.15) is 70.5 Å². The largest absolute Gasteiger partial charge is 0.481 e. The van der Waals surface area contributed by atoms with Gasteiger partial charge in [0.1, 0.15) is 5.60 Å². The van der Waals surface area contributed by atoms with Gasteiger partial charge in [-0.3, -0.25) is 14.4 Å². The molecule has 1 aromatic carbocycles. The molecule has 0 radical (unpaired) electrons. The molecular weight excluding hydrogens is 360 g/mol. The van der Waals surface area contributed by atoms with E-state index >= 15 is 0 Å². The summed E-state index contributed by atoms with van der Waals surface area (Å²) >= 11 is 0. The van der Waals surface area contributed by atoms with Gasteiger partial charge in [-0.15, -0.1) is 0 Å². The third-order valence-corrected chi connectivity index (χ3v) is 5.51. The zero-order valence-corrected chi connectivity index (χ0v) is 16.6. The molecule has 0 heterocycles. The molecule has 6 nitrogen and oxygen atoms in total. The Hall–Kier alpha value is -2.21. The van der Waals surface area contributed by atoms with Crippen LogP contribution in [-0.2, 0) is 19.1 Å². The van der Waals surface area contributed by atoms with Crippen molar-refractivity contribution in [3.63, 3.8) is 0 Å². The van der Waals surface area contributed by atoms with E-state index in [0.717, 1.165) is 19.3 Å². The van der Waals surface area contributed by atoms with E-state index in [0.29, 0.717) is 24.8 Å². The fourth-order valence-corrected chi connectivity index (χ4v) is 3.74. The van der Waals surface area contributed by atoms with E-state index < -0.39 is 41.3 Å². The highest BCUT2D eigenvalue weighted by atomic mass is 16.5. The number of Topliss-reactive ketones (excluding diaryl/α,β-unsaturated/α-hetero) is 1. The van der Waals surface area contributed by atoms with Gasteiger partial charge < -0.3 is 14.9 Å². The van der Waals surface area contributed by atoms with Gasteiger partial charge in [0.05, 0.1) is 11.8 Å². The summed E-state index contributed by atoms with van der Waals surface area (Å²) in [6, 6.07) is 8.57. The van der Waals surface area contributed by atoms with E-state index in [4.69, 9.17) is 4.74 Å². The second-order valence-corrected chi connectivity index (χ2v) is 7.80. The Morgan fingerprint density at radius 3 is 2.32 bits per heavy atom. The third-order valence-electron chi connectivity index (χ3n) is 5.51. The third kappa shape index (κ3) is 5.41. The van der Waals surface area contributed by atoms with Crippen LogP contribution >= 0.6 is 0 Å². The minimum atomic E-state index is -1.63. The number of rotatable bonds is 9. The van der Waals surface area contributed by atoms with Crippen LogP contribution in [0.15, 0.2) is 30.3 Å². The lowest BCUT2D eigenvalue weighted by Gasteiger charge is -2.31. The zero-order chi connectivity index (χ0) is 20.7. The number of ether oxygens (including phenoxy) is 1. The van der Waals surface area contributed by atoms with Gasteiger partial charge in [-0.2, -0.15) is 0 Å². The summed E-state index contributed by atoms with van der Waals surface area (Å²) in [5.74, 6) is -3.85. The van der Waals surface area contributed by atoms with E-state index in [1.54, 1.807) is 30.3 Å². The molecule has 6 heteroatoms. The standard InChI is InChI=1S/C22H30O6/c1-3-4-14-22(2,27)19(23)18(15-10-6-5-7-11-15)28-21(26)17-13-9-8-12-16(17)20(24)25/h5-7,10-11,16-18,27H,3-4,8-9,12-14H2,1-2H3,(H,24,25). The van der Waals surface area contributed by atoms with Crippen LogP contribution in [0.2, 0.25) is 0 Å². The lowest BCUT2D eigenvalue weighted by Crippen LogP contribution is -2.42. The van der Waals surface area contributed by atoms with E-state index in [1.165, 1.54) is 6.92 Å². The van der Waals surface area contributed by atoms with Gasteiger partial charge in [0.15, 0.2) is 6.10 Å². The average molecular weight is 390 g/mol. The number of esters is 1. The normalized spacial score (nSPS) is 22.7. The number of unbranched alkanes of at least 4 members (excludes halogenated alkanes) is 1.